The Kier molecular flexibility index (Phi) is 1.57. The van der Waals surface area contributed by atoms with E-state index in [0.29, 0.717) is 22.7 Å². The normalized spacial score (nSPS) is 59.4. The molecular formula is C15H20O2. The Hall–Kier alpha value is -0.790. The molecule has 1 aliphatic heterocycles. The van der Waals surface area contributed by atoms with Crippen molar-refractivity contribution in [2.24, 2.45) is 28.6 Å². The Bertz CT molecular complexity index is 440. The summed E-state index contributed by atoms with van der Waals surface area (Å²) in [6, 6.07) is 0. The number of fused-ring (bicyclic) bond motifs is 5. The average molecular weight is 232 g/mol. The third kappa shape index (κ3) is 1.01. The van der Waals surface area contributed by atoms with Crippen LogP contribution in [0.15, 0.2) is 12.2 Å². The molecule has 0 bridgehead atoms. The van der Waals surface area contributed by atoms with Crippen molar-refractivity contribution in [1.29, 1.82) is 0 Å². The van der Waals surface area contributed by atoms with Crippen LogP contribution >= 0.6 is 0 Å². The SMILES string of the molecule is C=C1C(=O)O[C@@H]2[C@H]1CC[C@]1(C)C[C@H]3C[C@]3(C)[C@@H]21. The van der Waals surface area contributed by atoms with Gasteiger partial charge >= 0.3 is 5.97 Å². The predicted molar refractivity (Wildman–Crippen MR) is 64.2 cm³/mol. The first-order valence-electron chi connectivity index (χ1n) is 6.85. The zero-order valence-corrected chi connectivity index (χ0v) is 10.7. The van der Waals surface area contributed by atoms with Gasteiger partial charge in [0, 0.05) is 17.4 Å². The predicted octanol–water partition coefficient (Wildman–Crippen LogP) is 2.93. The van der Waals surface area contributed by atoms with Gasteiger partial charge in [-0.05, 0) is 42.4 Å². The second-order valence-corrected chi connectivity index (χ2v) is 7.28. The molecule has 3 saturated carbocycles. The molecule has 0 aromatic heterocycles. The Morgan fingerprint density at radius 1 is 1.35 bits per heavy atom. The molecule has 1 heterocycles. The van der Waals surface area contributed by atoms with Crippen LogP contribution in [0.25, 0.3) is 0 Å². The molecule has 6 atom stereocenters. The number of carbonyl (C=O) groups excluding carboxylic acids is 1. The number of carbonyl (C=O) groups is 1. The van der Waals surface area contributed by atoms with Crippen LogP contribution in [0.1, 0.15) is 39.5 Å². The van der Waals surface area contributed by atoms with E-state index in [0.717, 1.165) is 17.9 Å². The fourth-order valence-corrected chi connectivity index (χ4v) is 5.43. The molecule has 3 aliphatic carbocycles. The van der Waals surface area contributed by atoms with E-state index in [4.69, 9.17) is 4.74 Å². The Morgan fingerprint density at radius 3 is 2.88 bits per heavy atom. The summed E-state index contributed by atoms with van der Waals surface area (Å²) in [5.74, 6) is 1.67. The summed E-state index contributed by atoms with van der Waals surface area (Å²) in [6.07, 6.45) is 5.19. The molecule has 0 radical (unpaired) electrons. The largest absolute Gasteiger partial charge is 0.458 e. The van der Waals surface area contributed by atoms with Gasteiger partial charge in [0.2, 0.25) is 0 Å². The van der Waals surface area contributed by atoms with E-state index < -0.39 is 0 Å². The molecule has 1 saturated heterocycles. The fraction of sp³-hybridized carbons (Fsp3) is 0.800. The zero-order valence-electron chi connectivity index (χ0n) is 10.7. The van der Waals surface area contributed by atoms with Crippen molar-refractivity contribution in [3.8, 4) is 0 Å². The topological polar surface area (TPSA) is 26.3 Å². The van der Waals surface area contributed by atoms with E-state index in [1.54, 1.807) is 0 Å². The third-order valence-corrected chi connectivity index (χ3v) is 6.34. The highest BCUT2D eigenvalue weighted by Gasteiger charge is 2.72. The highest BCUT2D eigenvalue weighted by Crippen LogP contribution is 2.76. The summed E-state index contributed by atoms with van der Waals surface area (Å²) in [7, 11) is 0. The van der Waals surface area contributed by atoms with Crippen LogP contribution in [0.2, 0.25) is 0 Å². The van der Waals surface area contributed by atoms with Gasteiger partial charge in [-0.2, -0.15) is 0 Å². The molecular weight excluding hydrogens is 212 g/mol. The molecule has 0 aromatic carbocycles. The lowest BCUT2D eigenvalue weighted by molar-refractivity contribution is -0.147. The van der Waals surface area contributed by atoms with Crippen molar-refractivity contribution in [3.05, 3.63) is 12.2 Å². The molecule has 4 aliphatic rings. The number of rotatable bonds is 0. The summed E-state index contributed by atoms with van der Waals surface area (Å²) < 4.78 is 5.68. The molecule has 0 spiro atoms. The second-order valence-electron chi connectivity index (χ2n) is 7.28. The van der Waals surface area contributed by atoms with Gasteiger partial charge in [-0.1, -0.05) is 20.4 Å². The standard InChI is InChI=1S/C15H20O2/c1-8-10-4-5-14(2)6-9-7-15(9,3)12(14)11(10)17-13(8)16/h9-12H,1,4-7H2,2-3H3/t9-,10-,11+,12-,14+,15-/m0/s1. The summed E-state index contributed by atoms with van der Waals surface area (Å²) in [4.78, 5) is 11.7. The summed E-state index contributed by atoms with van der Waals surface area (Å²) in [5.41, 5.74) is 1.62. The van der Waals surface area contributed by atoms with Crippen molar-refractivity contribution in [3.63, 3.8) is 0 Å². The van der Waals surface area contributed by atoms with Crippen molar-refractivity contribution >= 4 is 5.97 Å². The average Bonchev–Trinajstić information content (AvgIpc) is 2.68. The molecule has 0 aromatic rings. The Labute approximate surface area is 102 Å². The Morgan fingerprint density at radius 2 is 2.12 bits per heavy atom. The Balaban J connectivity index is 1.77. The highest BCUT2D eigenvalue weighted by atomic mass is 16.6. The molecule has 0 amide bonds. The van der Waals surface area contributed by atoms with E-state index in [2.05, 4.69) is 20.4 Å². The molecule has 0 N–H and O–H groups in total. The lowest BCUT2D eigenvalue weighted by Crippen LogP contribution is -2.45. The number of hydrogen-bond donors (Lipinski definition) is 0. The lowest BCUT2D eigenvalue weighted by atomic mass is 9.60. The van der Waals surface area contributed by atoms with Gasteiger partial charge in [0.15, 0.2) is 0 Å². The molecule has 4 rings (SSSR count). The van der Waals surface area contributed by atoms with E-state index in [9.17, 15) is 4.79 Å². The molecule has 4 fully saturated rings. The van der Waals surface area contributed by atoms with Gasteiger partial charge in [-0.15, -0.1) is 0 Å². The van der Waals surface area contributed by atoms with Crippen LogP contribution in [-0.4, -0.2) is 12.1 Å². The number of hydrogen-bond acceptors (Lipinski definition) is 2. The van der Waals surface area contributed by atoms with Crippen molar-refractivity contribution < 1.29 is 9.53 Å². The monoisotopic (exact) mass is 232 g/mol. The van der Waals surface area contributed by atoms with Gasteiger partial charge in [-0.25, -0.2) is 4.79 Å². The molecule has 92 valence electrons. The maximum Gasteiger partial charge on any atom is 0.334 e. The van der Waals surface area contributed by atoms with Crippen LogP contribution in [0, 0.1) is 28.6 Å². The third-order valence-electron chi connectivity index (χ3n) is 6.34. The molecule has 0 unspecified atom stereocenters. The van der Waals surface area contributed by atoms with E-state index in [-0.39, 0.29) is 12.1 Å². The van der Waals surface area contributed by atoms with Crippen LogP contribution < -0.4 is 0 Å². The van der Waals surface area contributed by atoms with Gasteiger partial charge in [-0.3, -0.25) is 0 Å². The summed E-state index contributed by atoms with van der Waals surface area (Å²) in [6.45, 7) is 8.77. The minimum absolute atomic E-state index is 0.128. The van der Waals surface area contributed by atoms with E-state index in [1.807, 2.05) is 0 Å². The summed E-state index contributed by atoms with van der Waals surface area (Å²) in [5, 5.41) is 0. The van der Waals surface area contributed by atoms with Gasteiger partial charge < -0.3 is 4.74 Å². The smallest absolute Gasteiger partial charge is 0.334 e. The zero-order chi connectivity index (χ0) is 12.0. The van der Waals surface area contributed by atoms with Crippen LogP contribution in [0.3, 0.4) is 0 Å². The number of esters is 1. The van der Waals surface area contributed by atoms with Crippen LogP contribution in [0.4, 0.5) is 0 Å². The van der Waals surface area contributed by atoms with Crippen LogP contribution in [-0.2, 0) is 9.53 Å². The first-order valence-corrected chi connectivity index (χ1v) is 6.85. The first-order chi connectivity index (χ1) is 7.96. The minimum Gasteiger partial charge on any atom is -0.458 e. The maximum absolute atomic E-state index is 11.7. The molecule has 2 heteroatoms. The van der Waals surface area contributed by atoms with Crippen molar-refractivity contribution in [2.75, 3.05) is 0 Å². The molecule has 2 nitrogen and oxygen atoms in total. The van der Waals surface area contributed by atoms with Crippen LogP contribution in [0.5, 0.6) is 0 Å². The van der Waals surface area contributed by atoms with E-state index in [1.165, 1.54) is 19.3 Å². The van der Waals surface area contributed by atoms with Crippen molar-refractivity contribution in [1.82, 2.24) is 0 Å². The fourth-order valence-electron chi connectivity index (χ4n) is 5.43. The summed E-state index contributed by atoms with van der Waals surface area (Å²) >= 11 is 0. The molecule has 17 heavy (non-hydrogen) atoms. The second kappa shape index (κ2) is 2.62. The van der Waals surface area contributed by atoms with E-state index >= 15 is 0 Å². The van der Waals surface area contributed by atoms with Gasteiger partial charge in [0.25, 0.3) is 0 Å². The number of ether oxygens (including phenoxy) is 1. The first kappa shape index (κ1) is 10.2. The lowest BCUT2D eigenvalue weighted by Gasteiger charge is -2.46. The highest BCUT2D eigenvalue weighted by molar-refractivity contribution is 5.91. The van der Waals surface area contributed by atoms with Gasteiger partial charge in [0.05, 0.1) is 0 Å². The van der Waals surface area contributed by atoms with Crippen molar-refractivity contribution in [2.45, 2.75) is 45.6 Å². The maximum atomic E-state index is 11.7. The van der Waals surface area contributed by atoms with Gasteiger partial charge in [0.1, 0.15) is 6.10 Å². The minimum atomic E-state index is -0.128. The quantitative estimate of drug-likeness (QED) is 0.474.